The number of benzene rings is 1. The first-order chi connectivity index (χ1) is 12.0. The van der Waals surface area contributed by atoms with Crippen molar-refractivity contribution in [3.63, 3.8) is 0 Å². The van der Waals surface area contributed by atoms with Crippen LogP contribution in [0, 0.1) is 0 Å². The van der Waals surface area contributed by atoms with Gasteiger partial charge < -0.3 is 19.2 Å². The molecule has 2 aromatic rings. The summed E-state index contributed by atoms with van der Waals surface area (Å²) in [6.45, 7) is 0.325. The number of ether oxygens (including phenoxy) is 2. The Hall–Kier alpha value is -2.25. The Kier molecular flexibility index (Phi) is 7.09. The van der Waals surface area contributed by atoms with Gasteiger partial charge in [0, 0.05) is 17.5 Å². The zero-order valence-corrected chi connectivity index (χ0v) is 15.8. The van der Waals surface area contributed by atoms with E-state index in [1.165, 1.54) is 17.6 Å². The third-order valence-corrected chi connectivity index (χ3v) is 4.55. The normalized spacial score (nSPS) is 10.7. The number of methoxy groups -OCH3 is 2. The van der Waals surface area contributed by atoms with Crippen LogP contribution in [-0.4, -0.2) is 44.9 Å². The smallest absolute Gasteiger partial charge is 0.263 e. The molecule has 0 bridgehead atoms. The van der Waals surface area contributed by atoms with E-state index in [9.17, 15) is 4.79 Å². The highest BCUT2D eigenvalue weighted by atomic mass is 35.5. The SMILES string of the molecule is COc1cccc(/C=N/OCC(=O)N(C)Cc2ccc(Cl)s2)c1OC. The molecule has 25 heavy (non-hydrogen) atoms. The summed E-state index contributed by atoms with van der Waals surface area (Å²) in [6.07, 6.45) is 1.48. The molecule has 0 fully saturated rings. The number of likely N-dealkylation sites (N-methyl/N-ethyl adjacent to an activating group) is 1. The summed E-state index contributed by atoms with van der Waals surface area (Å²) < 4.78 is 11.2. The lowest BCUT2D eigenvalue weighted by molar-refractivity contribution is -0.135. The summed E-state index contributed by atoms with van der Waals surface area (Å²) in [6, 6.07) is 9.11. The van der Waals surface area contributed by atoms with Crippen molar-refractivity contribution in [2.24, 2.45) is 5.16 Å². The number of nitrogens with zero attached hydrogens (tertiary/aromatic N) is 2. The molecule has 1 amide bonds. The number of rotatable bonds is 8. The standard InChI is InChI=1S/C17H19ClN2O4S/c1-20(10-13-7-8-15(18)25-13)16(21)11-24-19-9-12-5-4-6-14(22-2)17(12)23-3/h4-9H,10-11H2,1-3H3/b19-9+. The Bertz CT molecular complexity index is 748. The van der Waals surface area contributed by atoms with Gasteiger partial charge >= 0.3 is 0 Å². The number of para-hydroxylation sites is 1. The van der Waals surface area contributed by atoms with Gasteiger partial charge in [-0.25, -0.2) is 0 Å². The van der Waals surface area contributed by atoms with Crippen LogP contribution >= 0.6 is 22.9 Å². The molecule has 1 aromatic carbocycles. The van der Waals surface area contributed by atoms with Gasteiger partial charge in [0.2, 0.25) is 0 Å². The van der Waals surface area contributed by atoms with E-state index >= 15 is 0 Å². The zero-order chi connectivity index (χ0) is 18.2. The summed E-state index contributed by atoms with van der Waals surface area (Å²) in [7, 11) is 4.81. The van der Waals surface area contributed by atoms with Gasteiger partial charge in [-0.05, 0) is 24.3 Å². The summed E-state index contributed by atoms with van der Waals surface area (Å²) in [5, 5.41) is 3.83. The number of carbonyl (C=O) groups excluding carboxylic acids is 1. The van der Waals surface area contributed by atoms with Crippen LogP contribution in [0.3, 0.4) is 0 Å². The maximum Gasteiger partial charge on any atom is 0.263 e. The molecule has 8 heteroatoms. The van der Waals surface area contributed by atoms with Crippen LogP contribution in [0.15, 0.2) is 35.5 Å². The maximum absolute atomic E-state index is 12.0. The molecular weight excluding hydrogens is 364 g/mol. The van der Waals surface area contributed by atoms with Crippen molar-refractivity contribution in [1.82, 2.24) is 4.90 Å². The van der Waals surface area contributed by atoms with Crippen molar-refractivity contribution in [2.75, 3.05) is 27.9 Å². The molecule has 2 rings (SSSR count). The Balaban J connectivity index is 1.87. The van der Waals surface area contributed by atoms with E-state index in [4.69, 9.17) is 25.9 Å². The van der Waals surface area contributed by atoms with Crippen molar-refractivity contribution in [3.8, 4) is 11.5 Å². The molecule has 0 radical (unpaired) electrons. The van der Waals surface area contributed by atoms with Gasteiger partial charge in [-0.2, -0.15) is 0 Å². The molecule has 1 heterocycles. The van der Waals surface area contributed by atoms with Crippen LogP contribution < -0.4 is 9.47 Å². The highest BCUT2D eigenvalue weighted by molar-refractivity contribution is 7.16. The van der Waals surface area contributed by atoms with E-state index in [0.29, 0.717) is 27.9 Å². The molecule has 0 N–H and O–H groups in total. The Morgan fingerprint density at radius 2 is 2.08 bits per heavy atom. The quantitative estimate of drug-likeness (QED) is 0.518. The number of amides is 1. The van der Waals surface area contributed by atoms with Crippen molar-refractivity contribution < 1.29 is 19.1 Å². The molecular formula is C17H19ClN2O4S. The fourth-order valence-corrected chi connectivity index (χ4v) is 3.21. The Morgan fingerprint density at radius 1 is 1.28 bits per heavy atom. The third kappa shape index (κ3) is 5.37. The Labute approximate surface area is 155 Å². The summed E-state index contributed by atoms with van der Waals surface area (Å²) in [5.74, 6) is 0.964. The molecule has 0 unspecified atom stereocenters. The summed E-state index contributed by atoms with van der Waals surface area (Å²) in [5.41, 5.74) is 0.691. The second kappa shape index (κ2) is 9.29. The zero-order valence-electron chi connectivity index (χ0n) is 14.2. The predicted octanol–water partition coefficient (Wildman–Crippen LogP) is 3.43. The first-order valence-corrected chi connectivity index (χ1v) is 8.59. The lowest BCUT2D eigenvalue weighted by atomic mass is 10.2. The molecule has 134 valence electrons. The lowest BCUT2D eigenvalue weighted by Gasteiger charge is -2.15. The van der Waals surface area contributed by atoms with E-state index < -0.39 is 0 Å². The van der Waals surface area contributed by atoms with Crippen LogP contribution in [0.1, 0.15) is 10.4 Å². The maximum atomic E-state index is 12.0. The van der Waals surface area contributed by atoms with Crippen LogP contribution in [0.25, 0.3) is 0 Å². The highest BCUT2D eigenvalue weighted by Crippen LogP contribution is 2.29. The monoisotopic (exact) mass is 382 g/mol. The number of thiophene rings is 1. The van der Waals surface area contributed by atoms with E-state index in [-0.39, 0.29) is 12.5 Å². The minimum absolute atomic E-state index is 0.154. The highest BCUT2D eigenvalue weighted by Gasteiger charge is 2.11. The predicted molar refractivity (Wildman–Crippen MR) is 98.9 cm³/mol. The van der Waals surface area contributed by atoms with Crippen molar-refractivity contribution >= 4 is 35.1 Å². The third-order valence-electron chi connectivity index (χ3n) is 3.34. The van der Waals surface area contributed by atoms with Gasteiger partial charge in [0.15, 0.2) is 18.1 Å². The molecule has 0 saturated carbocycles. The number of carbonyl (C=O) groups is 1. The first kappa shape index (κ1) is 19.1. The second-order valence-corrected chi connectivity index (χ2v) is 6.85. The molecule has 0 atom stereocenters. The average molecular weight is 383 g/mol. The van der Waals surface area contributed by atoms with Gasteiger partial charge in [-0.1, -0.05) is 22.8 Å². The van der Waals surface area contributed by atoms with E-state index in [1.807, 2.05) is 24.3 Å². The van der Waals surface area contributed by atoms with Crippen molar-refractivity contribution in [2.45, 2.75) is 6.54 Å². The van der Waals surface area contributed by atoms with Gasteiger partial charge in [0.05, 0.1) is 31.3 Å². The largest absolute Gasteiger partial charge is 0.493 e. The minimum atomic E-state index is -0.181. The van der Waals surface area contributed by atoms with E-state index in [1.54, 1.807) is 32.2 Å². The molecule has 0 aliphatic carbocycles. The molecule has 0 aliphatic heterocycles. The molecule has 0 aliphatic rings. The molecule has 6 nitrogen and oxygen atoms in total. The summed E-state index contributed by atoms with van der Waals surface area (Å²) in [4.78, 5) is 19.7. The van der Waals surface area contributed by atoms with Gasteiger partial charge in [0.1, 0.15) is 0 Å². The number of hydrogen-bond donors (Lipinski definition) is 0. The van der Waals surface area contributed by atoms with Crippen LogP contribution in [0.4, 0.5) is 0 Å². The molecule has 1 aromatic heterocycles. The second-order valence-electron chi connectivity index (χ2n) is 5.05. The van der Waals surface area contributed by atoms with Crippen LogP contribution in [0.5, 0.6) is 11.5 Å². The van der Waals surface area contributed by atoms with Gasteiger partial charge in [-0.3, -0.25) is 4.79 Å². The number of hydrogen-bond acceptors (Lipinski definition) is 6. The number of oxime groups is 1. The van der Waals surface area contributed by atoms with Gasteiger partial charge in [0.25, 0.3) is 5.91 Å². The van der Waals surface area contributed by atoms with Crippen molar-refractivity contribution in [3.05, 3.63) is 45.1 Å². The minimum Gasteiger partial charge on any atom is -0.493 e. The van der Waals surface area contributed by atoms with Crippen LogP contribution in [0.2, 0.25) is 4.34 Å². The lowest BCUT2D eigenvalue weighted by Crippen LogP contribution is -2.29. The van der Waals surface area contributed by atoms with E-state index in [2.05, 4.69) is 5.16 Å². The summed E-state index contributed by atoms with van der Waals surface area (Å²) >= 11 is 7.32. The molecule has 0 saturated heterocycles. The fraction of sp³-hybridized carbons (Fsp3) is 0.294. The first-order valence-electron chi connectivity index (χ1n) is 7.39. The van der Waals surface area contributed by atoms with Crippen molar-refractivity contribution in [1.29, 1.82) is 0 Å². The van der Waals surface area contributed by atoms with Crippen LogP contribution in [-0.2, 0) is 16.2 Å². The molecule has 0 spiro atoms. The average Bonchev–Trinajstić information content (AvgIpc) is 3.02. The van der Waals surface area contributed by atoms with Gasteiger partial charge in [-0.15, -0.1) is 11.3 Å². The topological polar surface area (TPSA) is 60.4 Å². The number of halogens is 1. The fourth-order valence-electron chi connectivity index (χ4n) is 2.07. The van der Waals surface area contributed by atoms with E-state index in [0.717, 1.165) is 4.88 Å². The Morgan fingerprint density at radius 3 is 2.72 bits per heavy atom.